The Morgan fingerprint density at radius 2 is 1.57 bits per heavy atom. The molecule has 0 aliphatic heterocycles. The van der Waals surface area contributed by atoms with Crippen LogP contribution in [-0.4, -0.2) is 5.97 Å². The van der Waals surface area contributed by atoms with E-state index in [4.69, 9.17) is 4.74 Å². The van der Waals surface area contributed by atoms with E-state index in [0.717, 1.165) is 5.56 Å². The second-order valence-corrected chi connectivity index (χ2v) is 5.66. The van der Waals surface area contributed by atoms with Gasteiger partial charge in [-0.3, -0.25) is 0 Å². The van der Waals surface area contributed by atoms with E-state index in [0.29, 0.717) is 11.3 Å². The van der Waals surface area contributed by atoms with E-state index in [1.54, 1.807) is 6.92 Å². The number of hydrogen-bond donors (Lipinski definition) is 0. The van der Waals surface area contributed by atoms with Crippen molar-refractivity contribution in [3.63, 3.8) is 0 Å². The lowest BCUT2D eigenvalue weighted by atomic mass is 9.78. The second-order valence-electron chi connectivity index (χ2n) is 5.66. The van der Waals surface area contributed by atoms with Crippen LogP contribution in [0.25, 0.3) is 0 Å². The minimum Gasteiger partial charge on any atom is -0.423 e. The number of benzene rings is 2. The summed E-state index contributed by atoms with van der Waals surface area (Å²) in [6, 6.07) is 17.8. The van der Waals surface area contributed by atoms with Gasteiger partial charge in [0.15, 0.2) is 0 Å². The molecule has 21 heavy (non-hydrogen) atoms. The van der Waals surface area contributed by atoms with Crippen LogP contribution < -0.4 is 4.74 Å². The Bertz CT molecular complexity index is 654. The standard InChI is InChI=1S/C19H20O2/c1-14(2)18(20)21-17-13-9-8-12-16(17)19(3,4)15-10-6-5-7-11-15/h5-13H,1H2,2-4H3. The first-order valence-corrected chi connectivity index (χ1v) is 6.95. The monoisotopic (exact) mass is 280 g/mol. The van der Waals surface area contributed by atoms with Gasteiger partial charge in [-0.25, -0.2) is 4.79 Å². The maximum atomic E-state index is 11.8. The summed E-state index contributed by atoms with van der Waals surface area (Å²) in [6.07, 6.45) is 0. The Morgan fingerprint density at radius 3 is 2.19 bits per heavy atom. The van der Waals surface area contributed by atoms with Crippen LogP contribution in [0.2, 0.25) is 0 Å². The molecule has 2 heteroatoms. The van der Waals surface area contributed by atoms with Crippen LogP contribution in [0.15, 0.2) is 66.7 Å². The summed E-state index contributed by atoms with van der Waals surface area (Å²) < 4.78 is 5.48. The van der Waals surface area contributed by atoms with Gasteiger partial charge in [0.25, 0.3) is 0 Å². The van der Waals surface area contributed by atoms with E-state index >= 15 is 0 Å². The summed E-state index contributed by atoms with van der Waals surface area (Å²) in [6.45, 7) is 9.51. The van der Waals surface area contributed by atoms with E-state index in [1.807, 2.05) is 42.5 Å². The molecule has 0 atom stereocenters. The molecule has 2 aromatic rings. The molecule has 0 amide bonds. The zero-order valence-electron chi connectivity index (χ0n) is 12.7. The van der Waals surface area contributed by atoms with Gasteiger partial charge in [-0.15, -0.1) is 0 Å². The maximum Gasteiger partial charge on any atom is 0.338 e. The van der Waals surface area contributed by atoms with Gasteiger partial charge < -0.3 is 4.74 Å². The van der Waals surface area contributed by atoms with Gasteiger partial charge in [-0.2, -0.15) is 0 Å². The second kappa shape index (κ2) is 5.96. The first kappa shape index (κ1) is 15.0. The molecular formula is C19H20O2. The van der Waals surface area contributed by atoms with Crippen LogP contribution in [0, 0.1) is 0 Å². The summed E-state index contributed by atoms with van der Waals surface area (Å²) in [5.41, 5.74) is 2.28. The molecule has 0 fully saturated rings. The highest BCUT2D eigenvalue weighted by molar-refractivity contribution is 5.89. The van der Waals surface area contributed by atoms with Gasteiger partial charge in [0, 0.05) is 16.6 Å². The van der Waals surface area contributed by atoms with Gasteiger partial charge in [-0.05, 0) is 18.6 Å². The average Bonchev–Trinajstić information content (AvgIpc) is 2.48. The normalized spacial score (nSPS) is 11.0. The molecular weight excluding hydrogens is 260 g/mol. The topological polar surface area (TPSA) is 26.3 Å². The quantitative estimate of drug-likeness (QED) is 0.468. The average molecular weight is 280 g/mol. The summed E-state index contributed by atoms with van der Waals surface area (Å²) in [4.78, 5) is 11.8. The molecule has 0 heterocycles. The highest BCUT2D eigenvalue weighted by atomic mass is 16.5. The lowest BCUT2D eigenvalue weighted by molar-refractivity contribution is -0.130. The predicted molar refractivity (Wildman–Crippen MR) is 85.5 cm³/mol. The van der Waals surface area contributed by atoms with Gasteiger partial charge in [-0.1, -0.05) is 69.0 Å². The van der Waals surface area contributed by atoms with Gasteiger partial charge in [0.2, 0.25) is 0 Å². The molecule has 0 unspecified atom stereocenters. The molecule has 0 bridgehead atoms. The summed E-state index contributed by atoms with van der Waals surface area (Å²) in [5, 5.41) is 0. The fourth-order valence-corrected chi connectivity index (χ4v) is 2.27. The van der Waals surface area contributed by atoms with Crippen molar-refractivity contribution in [2.75, 3.05) is 0 Å². The number of hydrogen-bond acceptors (Lipinski definition) is 2. The molecule has 2 aromatic carbocycles. The maximum absolute atomic E-state index is 11.8. The molecule has 0 radical (unpaired) electrons. The predicted octanol–water partition coefficient (Wildman–Crippen LogP) is 4.49. The Labute approximate surface area is 126 Å². The lowest BCUT2D eigenvalue weighted by Gasteiger charge is -2.27. The molecule has 0 saturated heterocycles. The van der Waals surface area contributed by atoms with Crippen molar-refractivity contribution in [3.05, 3.63) is 77.9 Å². The van der Waals surface area contributed by atoms with Crippen molar-refractivity contribution in [2.24, 2.45) is 0 Å². The minimum absolute atomic E-state index is 0.257. The smallest absolute Gasteiger partial charge is 0.338 e. The fourth-order valence-electron chi connectivity index (χ4n) is 2.27. The number of rotatable bonds is 4. The molecule has 2 rings (SSSR count). The van der Waals surface area contributed by atoms with Crippen molar-refractivity contribution in [3.8, 4) is 5.75 Å². The Hall–Kier alpha value is -2.35. The Morgan fingerprint density at radius 1 is 1.00 bits per heavy atom. The molecule has 2 nitrogen and oxygen atoms in total. The first-order valence-electron chi connectivity index (χ1n) is 6.95. The van der Waals surface area contributed by atoms with E-state index < -0.39 is 5.97 Å². The fraction of sp³-hybridized carbons (Fsp3) is 0.211. The molecule has 108 valence electrons. The summed E-state index contributed by atoms with van der Waals surface area (Å²) in [7, 11) is 0. The molecule has 0 saturated carbocycles. The largest absolute Gasteiger partial charge is 0.423 e. The van der Waals surface area contributed by atoms with Gasteiger partial charge in [0.05, 0.1) is 0 Å². The van der Waals surface area contributed by atoms with E-state index in [2.05, 4.69) is 32.6 Å². The summed E-state index contributed by atoms with van der Waals surface area (Å²) in [5.74, 6) is 0.186. The van der Waals surface area contributed by atoms with Crippen LogP contribution in [0.5, 0.6) is 5.75 Å². The molecule has 0 N–H and O–H groups in total. The van der Waals surface area contributed by atoms with Gasteiger partial charge in [0.1, 0.15) is 5.75 Å². The zero-order valence-corrected chi connectivity index (χ0v) is 12.7. The van der Waals surface area contributed by atoms with Crippen LogP contribution in [0.3, 0.4) is 0 Å². The lowest BCUT2D eigenvalue weighted by Crippen LogP contribution is -2.21. The van der Waals surface area contributed by atoms with Crippen LogP contribution in [0.4, 0.5) is 0 Å². The Kier molecular flexibility index (Phi) is 4.27. The van der Waals surface area contributed by atoms with Crippen molar-refractivity contribution in [1.82, 2.24) is 0 Å². The minimum atomic E-state index is -0.397. The highest BCUT2D eigenvalue weighted by Gasteiger charge is 2.27. The molecule has 0 aliphatic carbocycles. The molecule has 0 aromatic heterocycles. The number of carbonyl (C=O) groups is 1. The van der Waals surface area contributed by atoms with Crippen molar-refractivity contribution < 1.29 is 9.53 Å². The number of para-hydroxylation sites is 1. The molecule has 0 spiro atoms. The first-order chi connectivity index (χ1) is 9.93. The molecule has 0 aliphatic rings. The third-order valence-electron chi connectivity index (χ3n) is 3.61. The highest BCUT2D eigenvalue weighted by Crippen LogP contribution is 2.37. The van der Waals surface area contributed by atoms with Crippen molar-refractivity contribution in [2.45, 2.75) is 26.2 Å². The zero-order chi connectivity index (χ0) is 15.5. The van der Waals surface area contributed by atoms with Crippen LogP contribution >= 0.6 is 0 Å². The van der Waals surface area contributed by atoms with Crippen molar-refractivity contribution >= 4 is 5.97 Å². The third kappa shape index (κ3) is 3.22. The van der Waals surface area contributed by atoms with Crippen LogP contribution in [-0.2, 0) is 10.2 Å². The Balaban J connectivity index is 2.44. The van der Waals surface area contributed by atoms with E-state index in [1.165, 1.54) is 5.56 Å². The van der Waals surface area contributed by atoms with Crippen LogP contribution in [0.1, 0.15) is 31.9 Å². The third-order valence-corrected chi connectivity index (χ3v) is 3.61. The van der Waals surface area contributed by atoms with Gasteiger partial charge >= 0.3 is 5.97 Å². The number of ether oxygens (including phenoxy) is 1. The van der Waals surface area contributed by atoms with E-state index in [9.17, 15) is 4.79 Å². The van der Waals surface area contributed by atoms with Crippen molar-refractivity contribution in [1.29, 1.82) is 0 Å². The number of carbonyl (C=O) groups excluding carboxylic acids is 1. The summed E-state index contributed by atoms with van der Waals surface area (Å²) >= 11 is 0. The number of esters is 1. The SMILES string of the molecule is C=C(C)C(=O)Oc1ccccc1C(C)(C)c1ccccc1. The van der Waals surface area contributed by atoms with E-state index in [-0.39, 0.29) is 5.41 Å².